The largest absolute Gasteiger partial charge is 0.442 e. The van der Waals surface area contributed by atoms with Gasteiger partial charge < -0.3 is 4.74 Å². The molecule has 1 saturated heterocycles. The first-order chi connectivity index (χ1) is 13.7. The third kappa shape index (κ3) is 4.09. The molecule has 29 heavy (non-hydrogen) atoms. The molecule has 0 atom stereocenters. The fourth-order valence-corrected chi connectivity index (χ4v) is 3.66. The topological polar surface area (TPSA) is 75.9 Å². The summed E-state index contributed by atoms with van der Waals surface area (Å²) in [5.41, 5.74) is 0.698. The number of anilines is 1. The predicted octanol–water partition coefficient (Wildman–Crippen LogP) is 4.46. The molecule has 10 heteroatoms. The number of benzene rings is 1. The highest BCUT2D eigenvalue weighted by Gasteiger charge is 2.32. The third-order valence-corrected chi connectivity index (χ3v) is 4.71. The molecule has 0 unspecified atom stereocenters. The second-order valence-electron chi connectivity index (χ2n) is 7.72. The van der Waals surface area contributed by atoms with Crippen LogP contribution in [-0.4, -0.2) is 49.6 Å². The van der Waals surface area contributed by atoms with E-state index in [1.807, 2.05) is 25.8 Å². The molecule has 4 rings (SSSR count). The molecule has 0 spiro atoms. The zero-order chi connectivity index (χ0) is 20.8. The van der Waals surface area contributed by atoms with E-state index in [4.69, 9.17) is 27.9 Å². The van der Waals surface area contributed by atoms with Gasteiger partial charge in [-0.1, -0.05) is 23.2 Å². The van der Waals surface area contributed by atoms with E-state index >= 15 is 0 Å². The summed E-state index contributed by atoms with van der Waals surface area (Å²) >= 11 is 12.3. The van der Waals surface area contributed by atoms with E-state index in [0.29, 0.717) is 46.0 Å². The summed E-state index contributed by atoms with van der Waals surface area (Å²) in [5.74, 6) is 1.10. The van der Waals surface area contributed by atoms with Crippen LogP contribution < -0.4 is 5.01 Å². The van der Waals surface area contributed by atoms with Crippen LogP contribution in [0.25, 0.3) is 17.0 Å². The summed E-state index contributed by atoms with van der Waals surface area (Å²) in [7, 11) is 0. The number of halogens is 2. The van der Waals surface area contributed by atoms with E-state index in [0.717, 1.165) is 6.42 Å². The number of carbonyl (C=O) groups excluding carboxylic acids is 1. The number of hydrogen-bond donors (Lipinski definition) is 0. The van der Waals surface area contributed by atoms with Crippen molar-refractivity contribution >= 4 is 40.8 Å². The Hall–Kier alpha value is -2.58. The van der Waals surface area contributed by atoms with Crippen molar-refractivity contribution in [1.29, 1.82) is 0 Å². The maximum absolute atomic E-state index is 12.6. The number of hydrogen-bond acceptors (Lipinski definition) is 6. The summed E-state index contributed by atoms with van der Waals surface area (Å²) in [6.45, 7) is 6.74. The highest BCUT2D eigenvalue weighted by Crippen LogP contribution is 2.28. The number of fused-ring (bicyclic) bond motifs is 1. The van der Waals surface area contributed by atoms with Gasteiger partial charge in [-0.15, -0.1) is 15.3 Å². The molecular weight excluding hydrogens is 415 g/mol. The van der Waals surface area contributed by atoms with Gasteiger partial charge in [0.2, 0.25) is 0 Å². The van der Waals surface area contributed by atoms with Gasteiger partial charge in [0, 0.05) is 28.7 Å². The minimum Gasteiger partial charge on any atom is -0.442 e. The molecule has 1 fully saturated rings. The number of ether oxygens (including phenoxy) is 1. The minimum absolute atomic E-state index is 0.400. The molecule has 1 amide bonds. The van der Waals surface area contributed by atoms with Crippen LogP contribution in [0.2, 0.25) is 10.0 Å². The zero-order valence-corrected chi connectivity index (χ0v) is 17.8. The van der Waals surface area contributed by atoms with Crippen molar-refractivity contribution in [1.82, 2.24) is 24.8 Å². The normalized spacial score (nSPS) is 14.7. The van der Waals surface area contributed by atoms with Gasteiger partial charge in [0.15, 0.2) is 17.3 Å². The van der Waals surface area contributed by atoms with Crippen LogP contribution in [0.15, 0.2) is 30.3 Å². The van der Waals surface area contributed by atoms with Crippen molar-refractivity contribution in [2.75, 3.05) is 18.1 Å². The number of nitrogens with zero attached hydrogens (tertiary/aromatic N) is 6. The molecule has 0 saturated carbocycles. The Kier molecular flexibility index (Phi) is 5.00. The van der Waals surface area contributed by atoms with Crippen LogP contribution in [0.5, 0.6) is 0 Å². The van der Waals surface area contributed by atoms with Crippen molar-refractivity contribution < 1.29 is 9.53 Å². The van der Waals surface area contributed by atoms with Gasteiger partial charge in [0.25, 0.3) is 0 Å². The standard InChI is InChI=1S/C19H20Cl2N6O2/c1-19(2,3)29-18(28)26-8-4-7-25(26)16-6-5-15-22-23-17(27(15)24-16)12-9-13(20)11-14(21)10-12/h5-6,9-11H,4,7-8H2,1-3H3. The average Bonchev–Trinajstić information content (AvgIpc) is 3.26. The first-order valence-electron chi connectivity index (χ1n) is 9.18. The Bertz CT molecular complexity index is 1060. The second kappa shape index (κ2) is 7.35. The third-order valence-electron chi connectivity index (χ3n) is 4.27. The van der Waals surface area contributed by atoms with Crippen molar-refractivity contribution in [2.24, 2.45) is 0 Å². The van der Waals surface area contributed by atoms with Crippen LogP contribution in [0.1, 0.15) is 27.2 Å². The lowest BCUT2D eigenvalue weighted by molar-refractivity contribution is 0.0272. The van der Waals surface area contributed by atoms with Crippen molar-refractivity contribution in [3.05, 3.63) is 40.4 Å². The quantitative estimate of drug-likeness (QED) is 0.592. The van der Waals surface area contributed by atoms with Gasteiger partial charge in [-0.2, -0.15) is 4.52 Å². The molecule has 3 heterocycles. The Labute approximate surface area is 177 Å². The lowest BCUT2D eigenvalue weighted by atomic mass is 10.2. The van der Waals surface area contributed by atoms with Crippen LogP contribution in [-0.2, 0) is 4.74 Å². The lowest BCUT2D eigenvalue weighted by Crippen LogP contribution is -2.44. The summed E-state index contributed by atoms with van der Waals surface area (Å²) in [6.07, 6.45) is 0.417. The number of aromatic nitrogens is 4. The Morgan fingerprint density at radius 1 is 1.07 bits per heavy atom. The molecule has 152 valence electrons. The zero-order valence-electron chi connectivity index (χ0n) is 16.3. The predicted molar refractivity (Wildman–Crippen MR) is 111 cm³/mol. The molecule has 0 bridgehead atoms. The Morgan fingerprint density at radius 3 is 2.48 bits per heavy atom. The lowest BCUT2D eigenvalue weighted by Gasteiger charge is -2.30. The molecule has 1 aliphatic heterocycles. The van der Waals surface area contributed by atoms with E-state index in [1.54, 1.807) is 39.9 Å². The summed E-state index contributed by atoms with van der Waals surface area (Å²) in [5, 5.41) is 17.4. The molecule has 2 aromatic heterocycles. The van der Waals surface area contributed by atoms with E-state index in [-0.39, 0.29) is 0 Å². The number of carbonyl (C=O) groups is 1. The summed E-state index contributed by atoms with van der Waals surface area (Å²) in [6, 6.07) is 8.76. The fraction of sp³-hybridized carbons (Fsp3) is 0.368. The highest BCUT2D eigenvalue weighted by molar-refractivity contribution is 6.35. The van der Waals surface area contributed by atoms with E-state index in [9.17, 15) is 4.79 Å². The van der Waals surface area contributed by atoms with Gasteiger partial charge in [-0.05, 0) is 57.5 Å². The van der Waals surface area contributed by atoms with Crippen LogP contribution in [0, 0.1) is 0 Å². The summed E-state index contributed by atoms with van der Waals surface area (Å²) in [4.78, 5) is 12.6. The van der Waals surface area contributed by atoms with E-state index in [2.05, 4.69) is 15.3 Å². The van der Waals surface area contributed by atoms with E-state index in [1.165, 1.54) is 0 Å². The van der Waals surface area contributed by atoms with Gasteiger partial charge >= 0.3 is 6.09 Å². The minimum atomic E-state index is -0.573. The molecule has 0 radical (unpaired) electrons. The molecule has 1 aromatic carbocycles. The smallest absolute Gasteiger partial charge is 0.429 e. The van der Waals surface area contributed by atoms with Gasteiger partial charge in [0.05, 0.1) is 0 Å². The maximum atomic E-state index is 12.6. The summed E-state index contributed by atoms with van der Waals surface area (Å²) < 4.78 is 7.14. The van der Waals surface area contributed by atoms with Gasteiger partial charge in [-0.25, -0.2) is 9.80 Å². The number of amides is 1. The Morgan fingerprint density at radius 2 is 1.79 bits per heavy atom. The molecule has 8 nitrogen and oxygen atoms in total. The van der Waals surface area contributed by atoms with Crippen molar-refractivity contribution in [2.45, 2.75) is 32.8 Å². The van der Waals surface area contributed by atoms with Gasteiger partial charge in [-0.3, -0.25) is 5.01 Å². The maximum Gasteiger partial charge on any atom is 0.429 e. The number of rotatable bonds is 2. The first-order valence-corrected chi connectivity index (χ1v) is 9.94. The molecule has 3 aromatic rings. The van der Waals surface area contributed by atoms with Crippen LogP contribution in [0.4, 0.5) is 10.6 Å². The number of hydrazine groups is 1. The molecule has 0 N–H and O–H groups in total. The Balaban J connectivity index is 1.71. The average molecular weight is 435 g/mol. The van der Waals surface area contributed by atoms with E-state index < -0.39 is 11.7 Å². The molecule has 1 aliphatic rings. The molecular formula is C19H20Cl2N6O2. The first kappa shape index (κ1) is 19.7. The molecule has 0 aliphatic carbocycles. The highest BCUT2D eigenvalue weighted by atomic mass is 35.5. The second-order valence-corrected chi connectivity index (χ2v) is 8.60. The SMILES string of the molecule is CC(C)(C)OC(=O)N1CCCN1c1ccc2nnc(-c3cc(Cl)cc(Cl)c3)n2n1. The van der Waals surface area contributed by atoms with Crippen molar-refractivity contribution in [3.63, 3.8) is 0 Å². The van der Waals surface area contributed by atoms with Crippen molar-refractivity contribution in [3.8, 4) is 11.4 Å². The van der Waals surface area contributed by atoms with Crippen LogP contribution in [0.3, 0.4) is 0 Å². The fourth-order valence-electron chi connectivity index (χ4n) is 3.13. The van der Waals surface area contributed by atoms with Crippen LogP contribution >= 0.6 is 23.2 Å². The monoisotopic (exact) mass is 434 g/mol. The van der Waals surface area contributed by atoms with Gasteiger partial charge in [0.1, 0.15) is 5.60 Å².